The molecule has 0 aromatic heterocycles. The van der Waals surface area contributed by atoms with Gasteiger partial charge < -0.3 is 10.1 Å². The first-order valence-corrected chi connectivity index (χ1v) is 9.69. The average molecular weight is 378 g/mol. The first-order valence-electron chi connectivity index (χ1n) is 9.69. The third kappa shape index (κ3) is 5.54. The SMILES string of the molecule is CCOC(=O)C=Cc1ccc(NC(=O)C2CCCN2Cc2ccccc2)cc1. The highest BCUT2D eigenvalue weighted by Gasteiger charge is 2.30. The van der Waals surface area contributed by atoms with Crippen LogP contribution in [-0.4, -0.2) is 36.0 Å². The van der Waals surface area contributed by atoms with Crippen molar-refractivity contribution in [3.8, 4) is 0 Å². The van der Waals surface area contributed by atoms with Crippen LogP contribution < -0.4 is 5.32 Å². The van der Waals surface area contributed by atoms with Gasteiger partial charge in [0.05, 0.1) is 12.6 Å². The summed E-state index contributed by atoms with van der Waals surface area (Å²) in [4.78, 5) is 26.4. The molecular formula is C23H26N2O3. The van der Waals surface area contributed by atoms with Crippen molar-refractivity contribution >= 4 is 23.6 Å². The molecule has 2 aromatic rings. The number of ether oxygens (including phenoxy) is 1. The summed E-state index contributed by atoms with van der Waals surface area (Å²) < 4.78 is 4.86. The van der Waals surface area contributed by atoms with Gasteiger partial charge in [-0.05, 0) is 55.6 Å². The lowest BCUT2D eigenvalue weighted by Crippen LogP contribution is -2.39. The minimum atomic E-state index is -0.361. The van der Waals surface area contributed by atoms with Crippen LogP contribution in [0, 0.1) is 0 Å². The molecule has 0 aliphatic carbocycles. The fourth-order valence-electron chi connectivity index (χ4n) is 3.39. The number of carbonyl (C=O) groups is 2. The predicted molar refractivity (Wildman–Crippen MR) is 111 cm³/mol. The van der Waals surface area contributed by atoms with Gasteiger partial charge in [-0.15, -0.1) is 0 Å². The van der Waals surface area contributed by atoms with Crippen molar-refractivity contribution in [1.82, 2.24) is 4.90 Å². The van der Waals surface area contributed by atoms with Gasteiger partial charge in [0.2, 0.25) is 5.91 Å². The second kappa shape index (κ2) is 9.85. The number of nitrogens with zero attached hydrogens (tertiary/aromatic N) is 1. The van der Waals surface area contributed by atoms with Crippen molar-refractivity contribution < 1.29 is 14.3 Å². The molecule has 0 spiro atoms. The normalized spacial score (nSPS) is 17.0. The first kappa shape index (κ1) is 19.8. The van der Waals surface area contributed by atoms with E-state index in [1.807, 2.05) is 42.5 Å². The molecule has 5 heteroatoms. The molecule has 3 rings (SSSR count). The Balaban J connectivity index is 1.57. The van der Waals surface area contributed by atoms with Gasteiger partial charge in [0, 0.05) is 18.3 Å². The van der Waals surface area contributed by atoms with Crippen molar-refractivity contribution in [1.29, 1.82) is 0 Å². The number of benzene rings is 2. The van der Waals surface area contributed by atoms with Gasteiger partial charge in [-0.3, -0.25) is 9.69 Å². The lowest BCUT2D eigenvalue weighted by molar-refractivity contribution is -0.137. The highest BCUT2D eigenvalue weighted by Crippen LogP contribution is 2.22. The summed E-state index contributed by atoms with van der Waals surface area (Å²) in [5.74, 6) is -0.331. The molecule has 2 aromatic carbocycles. The molecule has 1 heterocycles. The van der Waals surface area contributed by atoms with Gasteiger partial charge in [0.15, 0.2) is 0 Å². The quantitative estimate of drug-likeness (QED) is 0.587. The lowest BCUT2D eigenvalue weighted by atomic mass is 10.1. The molecule has 1 atom stereocenters. The molecule has 1 saturated heterocycles. The summed E-state index contributed by atoms with van der Waals surface area (Å²) in [7, 11) is 0. The van der Waals surface area contributed by atoms with E-state index in [0.29, 0.717) is 6.61 Å². The van der Waals surface area contributed by atoms with E-state index in [1.54, 1.807) is 13.0 Å². The maximum atomic E-state index is 12.8. The Morgan fingerprint density at radius 1 is 1.14 bits per heavy atom. The zero-order valence-corrected chi connectivity index (χ0v) is 16.1. The minimum Gasteiger partial charge on any atom is -0.463 e. The van der Waals surface area contributed by atoms with Gasteiger partial charge >= 0.3 is 5.97 Å². The van der Waals surface area contributed by atoms with Crippen LogP contribution >= 0.6 is 0 Å². The van der Waals surface area contributed by atoms with E-state index < -0.39 is 0 Å². The molecule has 0 saturated carbocycles. The molecule has 28 heavy (non-hydrogen) atoms. The number of anilines is 1. The van der Waals surface area contributed by atoms with Crippen LogP contribution in [0.4, 0.5) is 5.69 Å². The fraction of sp³-hybridized carbons (Fsp3) is 0.304. The second-order valence-electron chi connectivity index (χ2n) is 6.81. The predicted octanol–water partition coefficient (Wildman–Crippen LogP) is 3.87. The monoisotopic (exact) mass is 378 g/mol. The highest BCUT2D eigenvalue weighted by molar-refractivity contribution is 5.95. The Labute approximate surface area is 166 Å². The number of carbonyl (C=O) groups excluding carboxylic acids is 2. The van der Waals surface area contributed by atoms with Crippen LogP contribution in [0.5, 0.6) is 0 Å². The van der Waals surface area contributed by atoms with E-state index >= 15 is 0 Å². The molecule has 0 bridgehead atoms. The molecule has 0 radical (unpaired) electrons. The first-order chi connectivity index (χ1) is 13.7. The van der Waals surface area contributed by atoms with E-state index in [4.69, 9.17) is 4.74 Å². The molecule has 146 valence electrons. The average Bonchev–Trinajstić information content (AvgIpc) is 3.17. The summed E-state index contributed by atoms with van der Waals surface area (Å²) in [6.07, 6.45) is 5.00. The Hall–Kier alpha value is -2.92. The molecule has 1 N–H and O–H groups in total. The van der Waals surface area contributed by atoms with E-state index in [9.17, 15) is 9.59 Å². The lowest BCUT2D eigenvalue weighted by Gasteiger charge is -2.23. The zero-order chi connectivity index (χ0) is 19.8. The van der Waals surface area contributed by atoms with Gasteiger partial charge in [-0.1, -0.05) is 42.5 Å². The number of hydrogen-bond acceptors (Lipinski definition) is 4. The van der Waals surface area contributed by atoms with Crippen molar-refractivity contribution in [2.24, 2.45) is 0 Å². The van der Waals surface area contributed by atoms with E-state index in [-0.39, 0.29) is 17.9 Å². The maximum Gasteiger partial charge on any atom is 0.330 e. The third-order valence-corrected chi connectivity index (χ3v) is 4.77. The maximum absolute atomic E-state index is 12.8. The molecular weight excluding hydrogens is 352 g/mol. The summed E-state index contributed by atoms with van der Waals surface area (Å²) in [5, 5.41) is 3.02. The fourth-order valence-corrected chi connectivity index (χ4v) is 3.39. The van der Waals surface area contributed by atoms with Crippen molar-refractivity contribution in [3.05, 3.63) is 71.8 Å². The van der Waals surface area contributed by atoms with Crippen LogP contribution in [-0.2, 0) is 20.9 Å². The third-order valence-electron chi connectivity index (χ3n) is 4.77. The molecule has 1 aliphatic rings. The summed E-state index contributed by atoms with van der Waals surface area (Å²) >= 11 is 0. The van der Waals surface area contributed by atoms with Crippen LogP contribution in [0.25, 0.3) is 6.08 Å². The van der Waals surface area contributed by atoms with Crippen LogP contribution in [0.1, 0.15) is 30.9 Å². The van der Waals surface area contributed by atoms with Crippen LogP contribution in [0.15, 0.2) is 60.7 Å². The van der Waals surface area contributed by atoms with Gasteiger partial charge in [0.25, 0.3) is 0 Å². The minimum absolute atomic E-state index is 0.0308. The largest absolute Gasteiger partial charge is 0.463 e. The van der Waals surface area contributed by atoms with E-state index in [1.165, 1.54) is 11.6 Å². The van der Waals surface area contributed by atoms with Crippen molar-refractivity contribution in [2.75, 3.05) is 18.5 Å². The Morgan fingerprint density at radius 3 is 2.61 bits per heavy atom. The number of rotatable bonds is 7. The Morgan fingerprint density at radius 2 is 1.89 bits per heavy atom. The zero-order valence-electron chi connectivity index (χ0n) is 16.1. The smallest absolute Gasteiger partial charge is 0.330 e. The molecule has 5 nitrogen and oxygen atoms in total. The summed E-state index contributed by atoms with van der Waals surface area (Å²) in [6.45, 7) is 3.85. The van der Waals surface area contributed by atoms with Crippen LogP contribution in [0.3, 0.4) is 0 Å². The van der Waals surface area contributed by atoms with Gasteiger partial charge in [-0.25, -0.2) is 4.79 Å². The molecule has 1 amide bonds. The Kier molecular flexibility index (Phi) is 6.98. The summed E-state index contributed by atoms with van der Waals surface area (Å²) in [6, 6.07) is 17.6. The topological polar surface area (TPSA) is 58.6 Å². The van der Waals surface area contributed by atoms with E-state index in [2.05, 4.69) is 22.3 Å². The number of amides is 1. The molecule has 1 unspecified atom stereocenters. The highest BCUT2D eigenvalue weighted by atomic mass is 16.5. The van der Waals surface area contributed by atoms with Crippen LogP contribution in [0.2, 0.25) is 0 Å². The Bertz CT molecular complexity index is 816. The number of hydrogen-bond donors (Lipinski definition) is 1. The standard InChI is InChI=1S/C23H26N2O3/c1-2-28-22(26)15-12-18-10-13-20(14-11-18)24-23(27)21-9-6-16-25(21)17-19-7-4-3-5-8-19/h3-5,7-8,10-15,21H,2,6,9,16-17H2,1H3,(H,24,27). The summed E-state index contributed by atoms with van der Waals surface area (Å²) in [5.41, 5.74) is 2.85. The molecule has 1 aliphatic heterocycles. The number of nitrogens with one attached hydrogen (secondary N) is 1. The number of esters is 1. The van der Waals surface area contributed by atoms with Gasteiger partial charge in [-0.2, -0.15) is 0 Å². The molecule has 1 fully saturated rings. The number of likely N-dealkylation sites (tertiary alicyclic amines) is 1. The van der Waals surface area contributed by atoms with Crippen molar-refractivity contribution in [2.45, 2.75) is 32.4 Å². The van der Waals surface area contributed by atoms with E-state index in [0.717, 1.165) is 37.2 Å². The second-order valence-corrected chi connectivity index (χ2v) is 6.81. The van der Waals surface area contributed by atoms with Gasteiger partial charge in [0.1, 0.15) is 0 Å². The van der Waals surface area contributed by atoms with Crippen molar-refractivity contribution in [3.63, 3.8) is 0 Å².